The highest BCUT2D eigenvalue weighted by molar-refractivity contribution is 5.71. The fourth-order valence-electron chi connectivity index (χ4n) is 6.82. The van der Waals surface area contributed by atoms with Gasteiger partial charge in [0.1, 0.15) is 13.2 Å². The third kappa shape index (κ3) is 47.6. The first-order valence-corrected chi connectivity index (χ1v) is 25.6. The average Bonchev–Trinajstić information content (AvgIpc) is 3.27. The van der Waals surface area contributed by atoms with Gasteiger partial charge in [0.25, 0.3) is 0 Å². The molecular formula is C56H94O6. The van der Waals surface area contributed by atoms with Crippen molar-refractivity contribution >= 4 is 17.9 Å². The monoisotopic (exact) mass is 863 g/mol. The Morgan fingerprint density at radius 3 is 1.03 bits per heavy atom. The van der Waals surface area contributed by atoms with Crippen LogP contribution in [0.5, 0.6) is 0 Å². The van der Waals surface area contributed by atoms with E-state index in [1.807, 2.05) is 0 Å². The molecule has 0 heterocycles. The molecule has 0 spiro atoms. The summed E-state index contributed by atoms with van der Waals surface area (Å²) in [5.41, 5.74) is 0. The number of unbranched alkanes of at least 4 members (excludes halogenated alkanes) is 20. The summed E-state index contributed by atoms with van der Waals surface area (Å²) in [6.07, 6.45) is 64.3. The summed E-state index contributed by atoms with van der Waals surface area (Å²) in [7, 11) is 0. The number of carbonyl (C=O) groups excluding carboxylic acids is 3. The summed E-state index contributed by atoms with van der Waals surface area (Å²) in [4.78, 5) is 37.9. The Morgan fingerprint density at radius 2 is 0.629 bits per heavy atom. The minimum Gasteiger partial charge on any atom is -0.462 e. The molecule has 0 aromatic rings. The third-order valence-electron chi connectivity index (χ3n) is 10.6. The zero-order valence-corrected chi connectivity index (χ0v) is 40.4. The maximum absolute atomic E-state index is 12.8. The lowest BCUT2D eigenvalue weighted by Gasteiger charge is -2.18. The van der Waals surface area contributed by atoms with Crippen molar-refractivity contribution in [2.75, 3.05) is 13.2 Å². The zero-order chi connectivity index (χ0) is 45.1. The van der Waals surface area contributed by atoms with Gasteiger partial charge in [-0.3, -0.25) is 14.4 Å². The maximum atomic E-state index is 12.8. The molecule has 0 fully saturated rings. The van der Waals surface area contributed by atoms with Gasteiger partial charge in [-0.2, -0.15) is 0 Å². The molecule has 0 aliphatic heterocycles. The fraction of sp³-hybridized carbons (Fsp3) is 0.696. The lowest BCUT2D eigenvalue weighted by Crippen LogP contribution is -2.30. The SMILES string of the molecule is CC/C=C\C/C=C\C/C=C\CCCCCCCCC(=O)OCC(COC(=O)CCCC/C=C\C/C=C\C/C=C\CC)OC(=O)CCCCCCC/C=C\CCCCCCCCC. The van der Waals surface area contributed by atoms with E-state index >= 15 is 0 Å². The van der Waals surface area contributed by atoms with Gasteiger partial charge in [-0.05, 0) is 109 Å². The summed E-state index contributed by atoms with van der Waals surface area (Å²) in [5, 5.41) is 0. The van der Waals surface area contributed by atoms with Gasteiger partial charge in [-0.25, -0.2) is 0 Å². The largest absolute Gasteiger partial charge is 0.462 e. The van der Waals surface area contributed by atoms with Gasteiger partial charge in [0.05, 0.1) is 0 Å². The highest BCUT2D eigenvalue weighted by atomic mass is 16.6. The molecule has 1 atom stereocenters. The molecule has 0 aliphatic carbocycles. The van der Waals surface area contributed by atoms with Gasteiger partial charge in [0, 0.05) is 19.3 Å². The molecule has 0 bridgehead atoms. The highest BCUT2D eigenvalue weighted by Gasteiger charge is 2.19. The fourth-order valence-corrected chi connectivity index (χ4v) is 6.82. The summed E-state index contributed by atoms with van der Waals surface area (Å²) < 4.78 is 16.7. The van der Waals surface area contributed by atoms with Crippen molar-refractivity contribution in [1.29, 1.82) is 0 Å². The number of hydrogen-bond acceptors (Lipinski definition) is 6. The topological polar surface area (TPSA) is 78.9 Å². The molecule has 0 saturated carbocycles. The normalized spacial score (nSPS) is 12.8. The second-order valence-electron chi connectivity index (χ2n) is 16.7. The summed E-state index contributed by atoms with van der Waals surface area (Å²) in [6, 6.07) is 0. The van der Waals surface area contributed by atoms with Crippen LogP contribution in [0, 0.1) is 0 Å². The van der Waals surface area contributed by atoms with Crippen LogP contribution in [-0.2, 0) is 28.6 Å². The van der Waals surface area contributed by atoms with Crippen molar-refractivity contribution in [1.82, 2.24) is 0 Å². The second-order valence-corrected chi connectivity index (χ2v) is 16.7. The average molecular weight is 863 g/mol. The van der Waals surface area contributed by atoms with Crippen LogP contribution in [0.15, 0.2) is 85.1 Å². The van der Waals surface area contributed by atoms with Gasteiger partial charge < -0.3 is 14.2 Å². The Bertz CT molecular complexity index is 1220. The van der Waals surface area contributed by atoms with Gasteiger partial charge in [0.15, 0.2) is 6.10 Å². The van der Waals surface area contributed by atoms with Crippen molar-refractivity contribution in [3.8, 4) is 0 Å². The molecule has 0 saturated heterocycles. The van der Waals surface area contributed by atoms with Crippen molar-refractivity contribution in [3.63, 3.8) is 0 Å². The molecule has 6 nitrogen and oxygen atoms in total. The van der Waals surface area contributed by atoms with E-state index in [1.165, 1.54) is 77.0 Å². The van der Waals surface area contributed by atoms with E-state index in [4.69, 9.17) is 14.2 Å². The molecule has 0 aromatic heterocycles. The Hall–Kier alpha value is -3.41. The smallest absolute Gasteiger partial charge is 0.306 e. The van der Waals surface area contributed by atoms with E-state index in [-0.39, 0.29) is 31.1 Å². The van der Waals surface area contributed by atoms with Crippen LogP contribution in [0.3, 0.4) is 0 Å². The standard InChI is InChI=1S/C56H94O6/c1-4-7-10-13-16-19-22-25-27-29-31-34-37-40-43-46-49-55(58)61-52-53(51-60-54(57)48-45-42-39-36-33-24-21-18-15-12-9-6-3)62-56(59)50-47-44-41-38-35-32-30-28-26-23-20-17-14-11-8-5-2/h7,9-10,12,16,18-19,21,25,27-28,30,33,36,53H,4-6,8,11,13-15,17,20,22-24,26,29,31-32,34-35,37-52H2,1-3H3/b10-7-,12-9-,19-16-,21-18-,27-25-,30-28-,36-33-. The van der Waals surface area contributed by atoms with Gasteiger partial charge >= 0.3 is 17.9 Å². The number of hydrogen-bond donors (Lipinski definition) is 0. The predicted octanol–water partition coefficient (Wildman–Crippen LogP) is 16.8. The molecule has 6 heteroatoms. The van der Waals surface area contributed by atoms with Crippen molar-refractivity contribution < 1.29 is 28.6 Å². The van der Waals surface area contributed by atoms with Gasteiger partial charge in [0.2, 0.25) is 0 Å². The number of rotatable bonds is 45. The van der Waals surface area contributed by atoms with Crippen LogP contribution in [0.25, 0.3) is 0 Å². The van der Waals surface area contributed by atoms with E-state index in [2.05, 4.69) is 106 Å². The number of carbonyl (C=O) groups is 3. The van der Waals surface area contributed by atoms with Crippen molar-refractivity contribution in [3.05, 3.63) is 85.1 Å². The first-order valence-electron chi connectivity index (χ1n) is 25.6. The predicted molar refractivity (Wildman–Crippen MR) is 265 cm³/mol. The van der Waals surface area contributed by atoms with E-state index in [1.54, 1.807) is 0 Å². The molecule has 0 aromatic carbocycles. The molecule has 0 radical (unpaired) electrons. The summed E-state index contributed by atoms with van der Waals surface area (Å²) in [6.45, 7) is 6.35. The Morgan fingerprint density at radius 1 is 0.339 bits per heavy atom. The molecule has 354 valence electrons. The van der Waals surface area contributed by atoms with Crippen LogP contribution in [0.1, 0.15) is 233 Å². The van der Waals surface area contributed by atoms with E-state index in [9.17, 15) is 14.4 Å². The number of allylic oxidation sites excluding steroid dienone is 14. The van der Waals surface area contributed by atoms with Crippen molar-refractivity contribution in [2.45, 2.75) is 239 Å². The molecule has 0 amide bonds. The number of ether oxygens (including phenoxy) is 3. The van der Waals surface area contributed by atoms with E-state index in [0.29, 0.717) is 19.3 Å². The van der Waals surface area contributed by atoms with Crippen LogP contribution in [0.2, 0.25) is 0 Å². The summed E-state index contributed by atoms with van der Waals surface area (Å²) in [5.74, 6) is -0.962. The zero-order valence-electron chi connectivity index (χ0n) is 40.4. The maximum Gasteiger partial charge on any atom is 0.306 e. The minimum atomic E-state index is -0.801. The lowest BCUT2D eigenvalue weighted by atomic mass is 10.1. The highest BCUT2D eigenvalue weighted by Crippen LogP contribution is 2.13. The molecule has 62 heavy (non-hydrogen) atoms. The Labute approximate surface area is 382 Å². The Kier molecular flexibility index (Phi) is 47.5. The quantitative estimate of drug-likeness (QED) is 0.0263. The Balaban J connectivity index is 4.45. The first-order chi connectivity index (χ1) is 30.5. The molecule has 0 rings (SSSR count). The third-order valence-corrected chi connectivity index (χ3v) is 10.6. The second kappa shape index (κ2) is 50.2. The molecule has 0 N–H and O–H groups in total. The van der Waals surface area contributed by atoms with Crippen molar-refractivity contribution in [2.24, 2.45) is 0 Å². The van der Waals surface area contributed by atoms with Gasteiger partial charge in [-0.1, -0.05) is 189 Å². The molecule has 1 unspecified atom stereocenters. The van der Waals surface area contributed by atoms with Crippen LogP contribution in [0.4, 0.5) is 0 Å². The first kappa shape index (κ1) is 58.6. The molecular weight excluding hydrogens is 769 g/mol. The van der Waals surface area contributed by atoms with Crippen LogP contribution in [-0.4, -0.2) is 37.2 Å². The van der Waals surface area contributed by atoms with E-state index < -0.39 is 6.10 Å². The lowest BCUT2D eigenvalue weighted by molar-refractivity contribution is -0.167. The van der Waals surface area contributed by atoms with E-state index in [0.717, 1.165) is 116 Å². The van der Waals surface area contributed by atoms with Gasteiger partial charge in [-0.15, -0.1) is 0 Å². The van der Waals surface area contributed by atoms with Crippen LogP contribution >= 0.6 is 0 Å². The molecule has 0 aliphatic rings. The summed E-state index contributed by atoms with van der Waals surface area (Å²) >= 11 is 0. The minimum absolute atomic E-state index is 0.0995. The van der Waals surface area contributed by atoms with Crippen LogP contribution < -0.4 is 0 Å². The number of esters is 3.